The molecule has 1 saturated heterocycles. The molecule has 0 bridgehead atoms. The van der Waals surface area contributed by atoms with E-state index in [1.165, 1.54) is 0 Å². The number of amides is 1. The summed E-state index contributed by atoms with van der Waals surface area (Å²) in [4.78, 5) is 14.1. The lowest BCUT2D eigenvalue weighted by Crippen LogP contribution is -2.42. The highest BCUT2D eigenvalue weighted by atomic mass is 16.6. The van der Waals surface area contributed by atoms with Crippen LogP contribution in [0.3, 0.4) is 0 Å². The minimum atomic E-state index is -0.479. The molecule has 0 aliphatic carbocycles. The normalized spacial score (nSPS) is 16.9. The van der Waals surface area contributed by atoms with Gasteiger partial charge in [0.25, 0.3) is 0 Å². The van der Waals surface area contributed by atoms with E-state index in [2.05, 4.69) is 5.32 Å². The fourth-order valence-electron chi connectivity index (χ4n) is 3.08. The average molecular weight is 368 g/mol. The molecule has 5 nitrogen and oxygen atoms in total. The number of anilines is 2. The second-order valence-electron chi connectivity index (χ2n) is 7.80. The number of ether oxygens (including phenoxy) is 2. The molecular weight excluding hydrogens is 340 g/mol. The summed E-state index contributed by atoms with van der Waals surface area (Å²) in [6, 6.07) is 18.0. The van der Waals surface area contributed by atoms with Crippen LogP contribution >= 0.6 is 0 Å². The zero-order valence-electron chi connectivity index (χ0n) is 16.3. The number of likely N-dealkylation sites (tertiary alicyclic amines) is 1. The third kappa shape index (κ3) is 5.64. The molecule has 1 aliphatic heterocycles. The van der Waals surface area contributed by atoms with E-state index in [1.54, 1.807) is 4.90 Å². The van der Waals surface area contributed by atoms with E-state index in [4.69, 9.17) is 9.47 Å². The summed E-state index contributed by atoms with van der Waals surface area (Å²) in [5.74, 6) is 0.796. The lowest BCUT2D eigenvalue weighted by atomic mass is 10.2. The Morgan fingerprint density at radius 2 is 1.74 bits per heavy atom. The fourth-order valence-corrected chi connectivity index (χ4v) is 3.08. The number of benzene rings is 2. The first-order valence-electron chi connectivity index (χ1n) is 9.45. The monoisotopic (exact) mass is 368 g/mol. The third-order valence-electron chi connectivity index (χ3n) is 4.36. The van der Waals surface area contributed by atoms with Gasteiger partial charge in [-0.3, -0.25) is 0 Å². The standard InChI is InChI=1S/C22H28N2O3/c1-22(2,3)27-21(25)24-15-7-10-19(24)16-26-20-13-11-18(12-14-20)23-17-8-5-4-6-9-17/h4-6,8-9,11-14,19,23H,7,10,15-16H2,1-3H3/t19-/m1/s1. The van der Waals surface area contributed by atoms with Crippen LogP contribution in [0.15, 0.2) is 54.6 Å². The second kappa shape index (κ2) is 8.33. The SMILES string of the molecule is CC(C)(C)OC(=O)N1CCC[C@@H]1COc1ccc(Nc2ccccc2)cc1. The van der Waals surface area contributed by atoms with Crippen molar-refractivity contribution in [3.05, 3.63) is 54.6 Å². The van der Waals surface area contributed by atoms with Gasteiger partial charge in [-0.2, -0.15) is 0 Å². The molecule has 0 unspecified atom stereocenters. The highest BCUT2D eigenvalue weighted by Crippen LogP contribution is 2.23. The van der Waals surface area contributed by atoms with E-state index >= 15 is 0 Å². The first-order valence-corrected chi connectivity index (χ1v) is 9.45. The van der Waals surface area contributed by atoms with Gasteiger partial charge in [0.1, 0.15) is 18.0 Å². The van der Waals surface area contributed by atoms with E-state index < -0.39 is 5.60 Å². The molecule has 0 radical (unpaired) electrons. The molecule has 1 atom stereocenters. The number of carbonyl (C=O) groups is 1. The van der Waals surface area contributed by atoms with Gasteiger partial charge in [0.15, 0.2) is 0 Å². The molecule has 1 aliphatic rings. The van der Waals surface area contributed by atoms with Crippen LogP contribution in [0.2, 0.25) is 0 Å². The van der Waals surface area contributed by atoms with Crippen molar-refractivity contribution in [3.63, 3.8) is 0 Å². The quantitative estimate of drug-likeness (QED) is 0.787. The van der Waals surface area contributed by atoms with Gasteiger partial charge < -0.3 is 19.7 Å². The smallest absolute Gasteiger partial charge is 0.410 e. The summed E-state index contributed by atoms with van der Waals surface area (Å²) < 4.78 is 11.4. The lowest BCUT2D eigenvalue weighted by molar-refractivity contribution is 0.0187. The van der Waals surface area contributed by atoms with Crippen molar-refractivity contribution in [3.8, 4) is 5.75 Å². The Bertz CT molecular complexity index is 738. The number of para-hydroxylation sites is 1. The van der Waals surface area contributed by atoms with E-state index in [-0.39, 0.29) is 12.1 Å². The van der Waals surface area contributed by atoms with E-state index in [0.29, 0.717) is 6.61 Å². The van der Waals surface area contributed by atoms with Crippen molar-refractivity contribution in [2.24, 2.45) is 0 Å². The van der Waals surface area contributed by atoms with Crippen LogP contribution in [0.5, 0.6) is 5.75 Å². The molecule has 1 fully saturated rings. The lowest BCUT2D eigenvalue weighted by Gasteiger charge is -2.28. The summed E-state index contributed by atoms with van der Waals surface area (Å²) in [5, 5.41) is 3.35. The zero-order valence-corrected chi connectivity index (χ0v) is 16.3. The number of nitrogens with one attached hydrogen (secondary N) is 1. The highest BCUT2D eigenvalue weighted by molar-refractivity contribution is 5.69. The zero-order chi connectivity index (χ0) is 19.3. The van der Waals surface area contributed by atoms with Gasteiger partial charge in [-0.05, 0) is 70.0 Å². The van der Waals surface area contributed by atoms with Crippen molar-refractivity contribution in [1.82, 2.24) is 4.90 Å². The summed E-state index contributed by atoms with van der Waals surface area (Å²) >= 11 is 0. The molecule has 2 aromatic rings. The Kier molecular flexibility index (Phi) is 5.89. The Labute approximate surface area is 161 Å². The van der Waals surface area contributed by atoms with E-state index in [9.17, 15) is 4.79 Å². The third-order valence-corrected chi connectivity index (χ3v) is 4.36. The van der Waals surface area contributed by atoms with E-state index in [1.807, 2.05) is 75.4 Å². The number of rotatable bonds is 5. The topological polar surface area (TPSA) is 50.8 Å². The van der Waals surface area contributed by atoms with Crippen molar-refractivity contribution >= 4 is 17.5 Å². The highest BCUT2D eigenvalue weighted by Gasteiger charge is 2.32. The molecule has 144 valence electrons. The summed E-state index contributed by atoms with van der Waals surface area (Å²) in [6.45, 7) is 6.86. The van der Waals surface area contributed by atoms with Gasteiger partial charge in [-0.25, -0.2) is 4.79 Å². The van der Waals surface area contributed by atoms with Crippen molar-refractivity contribution in [1.29, 1.82) is 0 Å². The number of nitrogens with zero attached hydrogens (tertiary/aromatic N) is 1. The van der Waals surface area contributed by atoms with Gasteiger partial charge in [-0.15, -0.1) is 0 Å². The van der Waals surface area contributed by atoms with Crippen molar-refractivity contribution in [2.45, 2.75) is 45.3 Å². The Balaban J connectivity index is 1.52. The van der Waals surface area contributed by atoms with Crippen molar-refractivity contribution in [2.75, 3.05) is 18.5 Å². The number of carbonyl (C=O) groups excluding carboxylic acids is 1. The first kappa shape index (κ1) is 19.1. The minimum absolute atomic E-state index is 0.0574. The summed E-state index contributed by atoms with van der Waals surface area (Å²) in [6.07, 6.45) is 1.66. The number of hydrogen-bond donors (Lipinski definition) is 1. The molecule has 27 heavy (non-hydrogen) atoms. The molecular formula is C22H28N2O3. The van der Waals surface area contributed by atoms with Crippen LogP contribution < -0.4 is 10.1 Å². The molecule has 0 saturated carbocycles. The summed E-state index contributed by atoms with van der Waals surface area (Å²) in [7, 11) is 0. The molecule has 3 rings (SSSR count). The maximum Gasteiger partial charge on any atom is 0.410 e. The van der Waals surface area contributed by atoms with Crippen LogP contribution in [0.1, 0.15) is 33.6 Å². The van der Waals surface area contributed by atoms with Crippen LogP contribution in [-0.2, 0) is 4.74 Å². The summed E-state index contributed by atoms with van der Waals surface area (Å²) in [5.41, 5.74) is 1.57. The maximum absolute atomic E-state index is 12.3. The Morgan fingerprint density at radius 3 is 2.41 bits per heavy atom. The minimum Gasteiger partial charge on any atom is -0.491 e. The van der Waals surface area contributed by atoms with Gasteiger partial charge in [0.2, 0.25) is 0 Å². The molecule has 2 aromatic carbocycles. The van der Waals surface area contributed by atoms with Gasteiger partial charge in [0.05, 0.1) is 6.04 Å². The molecule has 1 amide bonds. The second-order valence-corrected chi connectivity index (χ2v) is 7.80. The van der Waals surface area contributed by atoms with Gasteiger partial charge in [-0.1, -0.05) is 18.2 Å². The van der Waals surface area contributed by atoms with Crippen molar-refractivity contribution < 1.29 is 14.3 Å². The predicted octanol–water partition coefficient (Wildman–Crippen LogP) is 5.21. The van der Waals surface area contributed by atoms with Crippen LogP contribution in [0.4, 0.5) is 16.2 Å². The maximum atomic E-state index is 12.3. The molecule has 5 heteroatoms. The molecule has 1 N–H and O–H groups in total. The first-order chi connectivity index (χ1) is 12.9. The van der Waals surface area contributed by atoms with Crippen LogP contribution in [0.25, 0.3) is 0 Å². The fraction of sp³-hybridized carbons (Fsp3) is 0.409. The number of hydrogen-bond acceptors (Lipinski definition) is 4. The van der Waals surface area contributed by atoms with E-state index in [0.717, 1.165) is 36.5 Å². The molecule has 1 heterocycles. The van der Waals surface area contributed by atoms with Crippen LogP contribution in [0, 0.1) is 0 Å². The van der Waals surface area contributed by atoms with Crippen LogP contribution in [-0.4, -0.2) is 35.8 Å². The van der Waals surface area contributed by atoms with Gasteiger partial charge in [0, 0.05) is 17.9 Å². The average Bonchev–Trinajstić information content (AvgIpc) is 3.09. The van der Waals surface area contributed by atoms with Gasteiger partial charge >= 0.3 is 6.09 Å². The Hall–Kier alpha value is -2.69. The Morgan fingerprint density at radius 1 is 1.07 bits per heavy atom. The molecule has 0 spiro atoms. The largest absolute Gasteiger partial charge is 0.491 e. The molecule has 0 aromatic heterocycles. The predicted molar refractivity (Wildman–Crippen MR) is 108 cm³/mol.